The molecule has 2 rings (SSSR count). The van der Waals surface area contributed by atoms with Crippen molar-refractivity contribution in [1.29, 1.82) is 0 Å². The molecule has 1 aromatic heterocycles. The fraction of sp³-hybridized carbons (Fsp3) is 0.182. The van der Waals surface area contributed by atoms with Gasteiger partial charge in [0.05, 0.1) is 12.2 Å². The highest BCUT2D eigenvalue weighted by molar-refractivity contribution is 7.09. The fourth-order valence-corrected chi connectivity index (χ4v) is 2.17. The molecule has 0 aliphatic rings. The Labute approximate surface area is 92.9 Å². The van der Waals surface area contributed by atoms with Crippen LogP contribution in [0.4, 0.5) is 0 Å². The second-order valence-corrected chi connectivity index (χ2v) is 4.32. The summed E-state index contributed by atoms with van der Waals surface area (Å²) in [6.07, 6.45) is 0. The molecule has 0 bridgehead atoms. The number of aryl methyl sites for hydroxylation is 1. The predicted octanol–water partition coefficient (Wildman–Crippen LogP) is 2.08. The Morgan fingerprint density at radius 2 is 2.33 bits per heavy atom. The van der Waals surface area contributed by atoms with E-state index in [4.69, 9.17) is 5.84 Å². The van der Waals surface area contributed by atoms with Gasteiger partial charge in [-0.2, -0.15) is 0 Å². The van der Waals surface area contributed by atoms with E-state index in [0.717, 1.165) is 16.3 Å². The maximum absolute atomic E-state index is 5.25. The Morgan fingerprint density at radius 3 is 3.07 bits per heavy atom. The van der Waals surface area contributed by atoms with Crippen molar-refractivity contribution in [2.75, 3.05) is 0 Å². The summed E-state index contributed by atoms with van der Waals surface area (Å²) in [6.45, 7) is 2.70. The van der Waals surface area contributed by atoms with Crippen LogP contribution in [0.2, 0.25) is 0 Å². The first-order valence-electron chi connectivity index (χ1n) is 4.74. The number of benzene rings is 1. The largest absolute Gasteiger partial charge is 0.271 e. The number of nitrogens with two attached hydrogens (primary N) is 1. The lowest BCUT2D eigenvalue weighted by Crippen LogP contribution is -2.20. The molecule has 2 aromatic rings. The third-order valence-corrected chi connectivity index (χ3v) is 2.97. The van der Waals surface area contributed by atoms with Gasteiger partial charge >= 0.3 is 0 Å². The number of hydrogen-bond acceptors (Lipinski definition) is 4. The smallest absolute Gasteiger partial charge is 0.108 e. The molecule has 0 radical (unpaired) electrons. The van der Waals surface area contributed by atoms with E-state index in [1.165, 1.54) is 5.56 Å². The molecule has 3 N–H and O–H groups in total. The van der Waals surface area contributed by atoms with Crippen LogP contribution in [0.25, 0.3) is 11.3 Å². The average Bonchev–Trinajstić information content (AvgIpc) is 2.67. The van der Waals surface area contributed by atoms with Gasteiger partial charge in [0.15, 0.2) is 0 Å². The molecular formula is C11H13N3S. The molecule has 4 heteroatoms. The molecule has 0 amide bonds. The first-order chi connectivity index (χ1) is 7.29. The summed E-state index contributed by atoms with van der Waals surface area (Å²) in [5.74, 6) is 5.25. The number of hydrazine groups is 1. The molecular weight excluding hydrogens is 206 g/mol. The van der Waals surface area contributed by atoms with Crippen molar-refractivity contribution in [2.45, 2.75) is 13.5 Å². The van der Waals surface area contributed by atoms with Crippen LogP contribution in [-0.4, -0.2) is 4.98 Å². The Balaban J connectivity index is 2.29. The minimum atomic E-state index is 0.622. The van der Waals surface area contributed by atoms with Gasteiger partial charge in [0.1, 0.15) is 5.01 Å². The number of hydrogen-bond donors (Lipinski definition) is 2. The van der Waals surface area contributed by atoms with Crippen molar-refractivity contribution >= 4 is 11.3 Å². The quantitative estimate of drug-likeness (QED) is 0.614. The Bertz CT molecular complexity index is 451. The first kappa shape index (κ1) is 10.3. The molecule has 1 aromatic carbocycles. The van der Waals surface area contributed by atoms with Crippen LogP contribution in [0.3, 0.4) is 0 Å². The SMILES string of the molecule is Cc1cccc(-c2csc(CNN)n2)c1. The van der Waals surface area contributed by atoms with E-state index in [1.54, 1.807) is 11.3 Å². The van der Waals surface area contributed by atoms with Gasteiger partial charge in [0, 0.05) is 10.9 Å². The average molecular weight is 219 g/mol. The van der Waals surface area contributed by atoms with E-state index in [9.17, 15) is 0 Å². The Kier molecular flexibility index (Phi) is 3.11. The molecule has 0 unspecified atom stereocenters. The van der Waals surface area contributed by atoms with Crippen LogP contribution in [0.5, 0.6) is 0 Å². The van der Waals surface area contributed by atoms with E-state index < -0.39 is 0 Å². The summed E-state index contributed by atoms with van der Waals surface area (Å²) < 4.78 is 0. The summed E-state index contributed by atoms with van der Waals surface area (Å²) in [7, 11) is 0. The van der Waals surface area contributed by atoms with Crippen molar-refractivity contribution in [1.82, 2.24) is 10.4 Å². The number of aromatic nitrogens is 1. The molecule has 0 aliphatic heterocycles. The minimum absolute atomic E-state index is 0.622. The summed E-state index contributed by atoms with van der Waals surface area (Å²) >= 11 is 1.62. The van der Waals surface area contributed by atoms with Crippen LogP contribution < -0.4 is 11.3 Å². The molecule has 0 saturated carbocycles. The van der Waals surface area contributed by atoms with Crippen molar-refractivity contribution in [3.05, 3.63) is 40.2 Å². The summed E-state index contributed by atoms with van der Waals surface area (Å²) in [5, 5.41) is 3.07. The van der Waals surface area contributed by atoms with Crippen LogP contribution in [-0.2, 0) is 6.54 Å². The number of nitrogens with one attached hydrogen (secondary N) is 1. The predicted molar refractivity (Wildman–Crippen MR) is 63.3 cm³/mol. The lowest BCUT2D eigenvalue weighted by molar-refractivity contribution is 0.737. The van der Waals surface area contributed by atoms with Crippen molar-refractivity contribution in [2.24, 2.45) is 5.84 Å². The monoisotopic (exact) mass is 219 g/mol. The topological polar surface area (TPSA) is 50.9 Å². The zero-order chi connectivity index (χ0) is 10.7. The van der Waals surface area contributed by atoms with Crippen molar-refractivity contribution in [3.8, 4) is 11.3 Å². The van der Waals surface area contributed by atoms with E-state index in [0.29, 0.717) is 6.54 Å². The van der Waals surface area contributed by atoms with Crippen LogP contribution in [0.1, 0.15) is 10.6 Å². The van der Waals surface area contributed by atoms with E-state index >= 15 is 0 Å². The van der Waals surface area contributed by atoms with Gasteiger partial charge in [-0.3, -0.25) is 11.3 Å². The molecule has 15 heavy (non-hydrogen) atoms. The molecule has 0 fully saturated rings. The van der Waals surface area contributed by atoms with Gasteiger partial charge in [-0.05, 0) is 13.0 Å². The molecule has 1 heterocycles. The Hall–Kier alpha value is -1.23. The second kappa shape index (κ2) is 4.53. The van der Waals surface area contributed by atoms with Crippen molar-refractivity contribution in [3.63, 3.8) is 0 Å². The van der Waals surface area contributed by atoms with Gasteiger partial charge < -0.3 is 0 Å². The summed E-state index contributed by atoms with van der Waals surface area (Å²) in [4.78, 5) is 4.49. The molecule has 0 aliphatic carbocycles. The number of rotatable bonds is 3. The van der Waals surface area contributed by atoms with Crippen LogP contribution in [0.15, 0.2) is 29.6 Å². The van der Waals surface area contributed by atoms with E-state index in [1.807, 2.05) is 6.07 Å². The summed E-state index contributed by atoms with van der Waals surface area (Å²) in [5.41, 5.74) is 6.04. The minimum Gasteiger partial charge on any atom is -0.271 e. The third kappa shape index (κ3) is 2.41. The lowest BCUT2D eigenvalue weighted by Gasteiger charge is -1.97. The molecule has 0 atom stereocenters. The zero-order valence-electron chi connectivity index (χ0n) is 8.53. The van der Waals surface area contributed by atoms with Gasteiger partial charge in [-0.25, -0.2) is 4.98 Å². The number of thiazole rings is 1. The van der Waals surface area contributed by atoms with Gasteiger partial charge in [0.25, 0.3) is 0 Å². The van der Waals surface area contributed by atoms with E-state index in [-0.39, 0.29) is 0 Å². The maximum atomic E-state index is 5.25. The fourth-order valence-electron chi connectivity index (χ4n) is 1.42. The summed E-state index contributed by atoms with van der Waals surface area (Å²) in [6, 6.07) is 8.33. The number of nitrogens with zero attached hydrogens (tertiary/aromatic N) is 1. The van der Waals surface area contributed by atoms with E-state index in [2.05, 4.69) is 40.9 Å². The lowest BCUT2D eigenvalue weighted by atomic mass is 10.1. The molecule has 78 valence electrons. The second-order valence-electron chi connectivity index (χ2n) is 3.38. The Morgan fingerprint density at radius 1 is 1.47 bits per heavy atom. The molecule has 0 spiro atoms. The standard InChI is InChI=1S/C11H13N3S/c1-8-3-2-4-9(5-8)10-7-15-11(14-10)6-13-12/h2-5,7,13H,6,12H2,1H3. The maximum Gasteiger partial charge on any atom is 0.108 e. The highest BCUT2D eigenvalue weighted by atomic mass is 32.1. The highest BCUT2D eigenvalue weighted by Gasteiger charge is 2.03. The molecule has 0 saturated heterocycles. The highest BCUT2D eigenvalue weighted by Crippen LogP contribution is 2.22. The van der Waals surface area contributed by atoms with Crippen LogP contribution in [0, 0.1) is 6.92 Å². The molecule has 3 nitrogen and oxygen atoms in total. The first-order valence-corrected chi connectivity index (χ1v) is 5.62. The normalized spacial score (nSPS) is 10.5. The van der Waals surface area contributed by atoms with Crippen LogP contribution >= 0.6 is 11.3 Å². The van der Waals surface area contributed by atoms with Gasteiger partial charge in [-0.15, -0.1) is 11.3 Å². The van der Waals surface area contributed by atoms with Gasteiger partial charge in [0.2, 0.25) is 0 Å². The van der Waals surface area contributed by atoms with Crippen molar-refractivity contribution < 1.29 is 0 Å². The zero-order valence-corrected chi connectivity index (χ0v) is 9.34. The third-order valence-electron chi connectivity index (χ3n) is 2.12. The van der Waals surface area contributed by atoms with Gasteiger partial charge in [-0.1, -0.05) is 23.8 Å².